The van der Waals surface area contributed by atoms with Crippen LogP contribution in [0.1, 0.15) is 0 Å². The number of halogens is 1. The average Bonchev–Trinajstić information content (AvgIpc) is 2.00. The molecule has 11 heavy (non-hydrogen) atoms. The van der Waals surface area contributed by atoms with Crippen LogP contribution in [0.25, 0.3) is 0 Å². The molecule has 0 aliphatic carbocycles. The first-order valence-corrected chi connectivity index (χ1v) is 18.5. The van der Waals surface area contributed by atoms with Crippen molar-refractivity contribution in [1.82, 2.24) is 0 Å². The standard InChI is InChI=1S/C7H15IS2Te/c1-11(8)6-4-9-2-3-10-5-7-11/h2-7H2,1H3. The summed E-state index contributed by atoms with van der Waals surface area (Å²) in [6, 6.07) is 0. The van der Waals surface area contributed by atoms with Gasteiger partial charge in [-0.2, -0.15) is 0 Å². The Labute approximate surface area is 92.1 Å². The molecule has 0 nitrogen and oxygen atoms in total. The normalized spacial score (nSPS) is 29.6. The number of hydrogen-bond acceptors (Lipinski definition) is 2. The third-order valence-corrected chi connectivity index (χ3v) is 17.5. The average molecular weight is 418 g/mol. The maximum atomic E-state index is 2.81. The Hall–Kier alpha value is 2.22. The molecule has 0 unspecified atom stereocenters. The van der Waals surface area contributed by atoms with Crippen LogP contribution in [0.4, 0.5) is 0 Å². The third kappa shape index (κ3) is 5.51. The van der Waals surface area contributed by atoms with Crippen molar-refractivity contribution in [3.63, 3.8) is 0 Å². The van der Waals surface area contributed by atoms with E-state index in [0.717, 1.165) is 0 Å². The molecule has 0 N–H and O–H groups in total. The molecule has 1 heterocycles. The van der Waals surface area contributed by atoms with Gasteiger partial charge in [-0.3, -0.25) is 0 Å². The molecule has 0 bridgehead atoms. The number of thioether (sulfide) groups is 2. The molecule has 0 aromatic heterocycles. The maximum absolute atomic E-state index is 2.81. The Kier molecular flexibility index (Phi) is 6.00. The van der Waals surface area contributed by atoms with Crippen LogP contribution >= 0.6 is 42.2 Å². The number of hydrogen-bond donors (Lipinski definition) is 0. The van der Waals surface area contributed by atoms with Crippen molar-refractivity contribution in [2.45, 2.75) is 13.9 Å². The Balaban J connectivity index is 2.31. The van der Waals surface area contributed by atoms with Gasteiger partial charge in [0.05, 0.1) is 0 Å². The van der Waals surface area contributed by atoms with Gasteiger partial charge in [0, 0.05) is 0 Å². The van der Waals surface area contributed by atoms with E-state index >= 15 is 0 Å². The Bertz CT molecular complexity index is 107. The van der Waals surface area contributed by atoms with Gasteiger partial charge in [-0.1, -0.05) is 0 Å². The van der Waals surface area contributed by atoms with Crippen LogP contribution in [0, 0.1) is 0 Å². The second-order valence-corrected chi connectivity index (χ2v) is 28.4. The van der Waals surface area contributed by atoms with Gasteiger partial charge in [0.15, 0.2) is 0 Å². The first kappa shape index (κ1) is 11.3. The first-order chi connectivity index (χ1) is 5.21. The summed E-state index contributed by atoms with van der Waals surface area (Å²) in [6.45, 7) is 0. The molecule has 68 valence electrons. The van der Waals surface area contributed by atoms with Crippen molar-refractivity contribution in [2.24, 2.45) is 0 Å². The molecule has 0 radical (unpaired) electrons. The predicted octanol–water partition coefficient (Wildman–Crippen LogP) is 3.48. The summed E-state index contributed by atoms with van der Waals surface area (Å²) >= 11 is 5.87. The van der Waals surface area contributed by atoms with E-state index in [4.69, 9.17) is 0 Å². The van der Waals surface area contributed by atoms with Gasteiger partial charge < -0.3 is 0 Å². The molecule has 0 spiro atoms. The summed E-state index contributed by atoms with van der Waals surface area (Å²) in [7, 11) is 0. The summed E-state index contributed by atoms with van der Waals surface area (Å²) in [5, 5.41) is 0. The molecule has 4 heteroatoms. The monoisotopic (exact) mass is 420 g/mol. The quantitative estimate of drug-likeness (QED) is 0.437. The minimum atomic E-state index is -1.27. The van der Waals surface area contributed by atoms with Gasteiger partial charge in [0.25, 0.3) is 0 Å². The summed E-state index contributed by atoms with van der Waals surface area (Å²) in [5.41, 5.74) is 0. The molecule has 1 fully saturated rings. The van der Waals surface area contributed by atoms with E-state index in [1.165, 1.54) is 23.0 Å². The third-order valence-electron chi connectivity index (χ3n) is 1.68. The van der Waals surface area contributed by atoms with Crippen LogP contribution in [0.5, 0.6) is 0 Å². The van der Waals surface area contributed by atoms with Crippen LogP contribution in [0.3, 0.4) is 0 Å². The molecular formula is C7H15IS2Te. The van der Waals surface area contributed by atoms with Crippen molar-refractivity contribution in [3.8, 4) is 0 Å². The van der Waals surface area contributed by atoms with E-state index in [1.807, 2.05) is 0 Å². The summed E-state index contributed by atoms with van der Waals surface area (Å²) < 4.78 is 3.16. The summed E-state index contributed by atoms with van der Waals surface area (Å²) in [5.74, 6) is 5.67. The van der Waals surface area contributed by atoms with E-state index in [0.29, 0.717) is 0 Å². The summed E-state index contributed by atoms with van der Waals surface area (Å²) in [6.07, 6.45) is 0. The molecule has 1 rings (SSSR count). The summed E-state index contributed by atoms with van der Waals surface area (Å²) in [4.78, 5) is 2.58. The van der Waals surface area contributed by atoms with Crippen molar-refractivity contribution in [1.29, 1.82) is 0 Å². The SMILES string of the molecule is C[Te]1(I)CCSCCSCC1. The fraction of sp³-hybridized carbons (Fsp3) is 1.00. The molecule has 0 amide bonds. The first-order valence-electron chi connectivity index (χ1n) is 3.79. The molecule has 1 aliphatic heterocycles. The van der Waals surface area contributed by atoms with Crippen LogP contribution in [-0.2, 0) is 0 Å². The Morgan fingerprint density at radius 1 is 1.00 bits per heavy atom. The zero-order valence-corrected chi connectivity index (χ0v) is 13.0. The topological polar surface area (TPSA) is 0 Å². The fourth-order valence-corrected chi connectivity index (χ4v) is 19.0. The number of rotatable bonds is 0. The van der Waals surface area contributed by atoms with Gasteiger partial charge in [-0.05, 0) is 0 Å². The second-order valence-electron chi connectivity index (χ2n) is 2.79. The molecule has 1 aliphatic rings. The van der Waals surface area contributed by atoms with Crippen LogP contribution in [0.2, 0.25) is 13.9 Å². The van der Waals surface area contributed by atoms with Gasteiger partial charge in [-0.25, -0.2) is 0 Å². The van der Waals surface area contributed by atoms with E-state index in [9.17, 15) is 0 Å². The zero-order chi connectivity index (χ0) is 8.16. The van der Waals surface area contributed by atoms with E-state index in [2.05, 4.69) is 47.2 Å². The zero-order valence-electron chi connectivity index (χ0n) is 6.85. The molecule has 0 aromatic rings. The van der Waals surface area contributed by atoms with Crippen molar-refractivity contribution >= 4 is 56.5 Å². The van der Waals surface area contributed by atoms with Crippen molar-refractivity contribution in [2.75, 3.05) is 23.0 Å². The van der Waals surface area contributed by atoms with E-state index in [1.54, 1.807) is 8.94 Å². The van der Waals surface area contributed by atoms with Gasteiger partial charge in [-0.15, -0.1) is 0 Å². The Morgan fingerprint density at radius 2 is 1.45 bits per heavy atom. The molecule has 0 atom stereocenters. The van der Waals surface area contributed by atoms with Crippen LogP contribution in [-0.4, -0.2) is 37.2 Å². The molecule has 0 aromatic carbocycles. The second kappa shape index (κ2) is 5.85. The van der Waals surface area contributed by atoms with Crippen molar-refractivity contribution in [3.05, 3.63) is 0 Å². The van der Waals surface area contributed by atoms with Gasteiger partial charge in [0.2, 0.25) is 0 Å². The van der Waals surface area contributed by atoms with E-state index < -0.39 is 14.2 Å². The molecule has 0 saturated carbocycles. The minimum absolute atomic E-state index is 1.27. The van der Waals surface area contributed by atoms with Crippen LogP contribution in [0.15, 0.2) is 0 Å². The van der Waals surface area contributed by atoms with Gasteiger partial charge >= 0.3 is 93.4 Å². The molecule has 1 saturated heterocycles. The van der Waals surface area contributed by atoms with Crippen molar-refractivity contribution < 1.29 is 0 Å². The van der Waals surface area contributed by atoms with E-state index in [-0.39, 0.29) is 0 Å². The fourth-order valence-electron chi connectivity index (χ4n) is 0.889. The predicted molar refractivity (Wildman–Crippen MR) is 69.9 cm³/mol. The Morgan fingerprint density at radius 3 is 1.91 bits per heavy atom. The molecular weight excluding hydrogens is 403 g/mol. The van der Waals surface area contributed by atoms with Gasteiger partial charge in [0.1, 0.15) is 0 Å². The van der Waals surface area contributed by atoms with Crippen LogP contribution < -0.4 is 0 Å².